The quantitative estimate of drug-likeness (QED) is 0.497. The van der Waals surface area contributed by atoms with Crippen LogP contribution < -0.4 is 5.32 Å². The zero-order valence-corrected chi connectivity index (χ0v) is 11.1. The van der Waals surface area contributed by atoms with Gasteiger partial charge in [-0.2, -0.15) is 0 Å². The van der Waals surface area contributed by atoms with E-state index in [-0.39, 0.29) is 11.6 Å². The van der Waals surface area contributed by atoms with Crippen LogP contribution in [0.4, 0.5) is 10.1 Å². The SMILES string of the molecule is CC(CCCCl)NC(=O)c1cc(F)ccc1[N+](=O)[O-]. The van der Waals surface area contributed by atoms with Crippen molar-refractivity contribution < 1.29 is 14.1 Å². The average molecular weight is 289 g/mol. The smallest absolute Gasteiger partial charge is 0.282 e. The van der Waals surface area contributed by atoms with Crippen molar-refractivity contribution in [3.8, 4) is 0 Å². The topological polar surface area (TPSA) is 72.2 Å². The van der Waals surface area contributed by atoms with Gasteiger partial charge < -0.3 is 5.32 Å². The number of nitro groups is 1. The Labute approximate surface area is 114 Å². The maximum absolute atomic E-state index is 13.1. The Morgan fingerprint density at radius 2 is 2.26 bits per heavy atom. The summed E-state index contributed by atoms with van der Waals surface area (Å²) in [4.78, 5) is 22.0. The minimum Gasteiger partial charge on any atom is -0.349 e. The zero-order valence-electron chi connectivity index (χ0n) is 10.4. The minimum absolute atomic E-state index is 0.186. The second kappa shape index (κ2) is 7.04. The normalized spacial score (nSPS) is 11.9. The predicted molar refractivity (Wildman–Crippen MR) is 69.9 cm³/mol. The number of hydrogen-bond donors (Lipinski definition) is 1. The van der Waals surface area contributed by atoms with Gasteiger partial charge in [0, 0.05) is 18.0 Å². The van der Waals surface area contributed by atoms with Crippen molar-refractivity contribution in [3.05, 3.63) is 39.7 Å². The second-order valence-corrected chi connectivity index (χ2v) is 4.50. The molecule has 1 aromatic carbocycles. The van der Waals surface area contributed by atoms with Crippen molar-refractivity contribution >= 4 is 23.2 Å². The molecule has 0 bridgehead atoms. The number of carbonyl (C=O) groups is 1. The molecule has 0 aliphatic carbocycles. The molecule has 0 heterocycles. The number of nitro benzene ring substituents is 1. The van der Waals surface area contributed by atoms with E-state index in [0.717, 1.165) is 18.2 Å². The van der Waals surface area contributed by atoms with Crippen molar-refractivity contribution in [3.63, 3.8) is 0 Å². The lowest BCUT2D eigenvalue weighted by Crippen LogP contribution is -2.33. The van der Waals surface area contributed by atoms with E-state index >= 15 is 0 Å². The van der Waals surface area contributed by atoms with Gasteiger partial charge in [0.2, 0.25) is 0 Å². The van der Waals surface area contributed by atoms with E-state index in [2.05, 4.69) is 5.32 Å². The Morgan fingerprint density at radius 3 is 2.84 bits per heavy atom. The number of halogens is 2. The van der Waals surface area contributed by atoms with Gasteiger partial charge in [-0.3, -0.25) is 14.9 Å². The van der Waals surface area contributed by atoms with E-state index in [0.29, 0.717) is 18.7 Å². The number of amides is 1. The van der Waals surface area contributed by atoms with Crippen LogP contribution in [0.3, 0.4) is 0 Å². The van der Waals surface area contributed by atoms with Gasteiger partial charge in [0.25, 0.3) is 11.6 Å². The Balaban J connectivity index is 2.86. The standard InChI is InChI=1S/C12H14ClFN2O3/c1-8(3-2-6-13)15-12(17)10-7-9(14)4-5-11(10)16(18)19/h4-5,7-8H,2-3,6H2,1H3,(H,15,17). The minimum atomic E-state index is -0.711. The summed E-state index contributed by atoms with van der Waals surface area (Å²) in [5, 5.41) is 13.4. The van der Waals surface area contributed by atoms with Crippen LogP contribution in [0.15, 0.2) is 18.2 Å². The molecule has 0 radical (unpaired) electrons. The van der Waals surface area contributed by atoms with Crippen LogP contribution in [0, 0.1) is 15.9 Å². The van der Waals surface area contributed by atoms with Gasteiger partial charge in [-0.1, -0.05) is 0 Å². The summed E-state index contributed by atoms with van der Waals surface area (Å²) in [6.45, 7) is 1.76. The first-order valence-electron chi connectivity index (χ1n) is 5.76. The molecule has 5 nitrogen and oxygen atoms in total. The molecule has 1 N–H and O–H groups in total. The molecule has 0 spiro atoms. The van der Waals surface area contributed by atoms with Crippen molar-refractivity contribution in [2.75, 3.05) is 5.88 Å². The molecule has 0 aliphatic rings. The van der Waals surface area contributed by atoms with E-state index in [1.807, 2.05) is 0 Å². The molecular formula is C12H14ClFN2O3. The molecule has 0 aliphatic heterocycles. The fourth-order valence-electron chi connectivity index (χ4n) is 1.61. The summed E-state index contributed by atoms with van der Waals surface area (Å²) in [6.07, 6.45) is 1.37. The van der Waals surface area contributed by atoms with Crippen molar-refractivity contribution in [1.82, 2.24) is 5.32 Å². The molecule has 1 atom stereocenters. The lowest BCUT2D eigenvalue weighted by molar-refractivity contribution is -0.385. The number of nitrogens with zero attached hydrogens (tertiary/aromatic N) is 1. The van der Waals surface area contributed by atoms with Crippen LogP contribution in [-0.4, -0.2) is 22.8 Å². The number of rotatable bonds is 6. The maximum atomic E-state index is 13.1. The zero-order chi connectivity index (χ0) is 14.4. The number of nitrogens with one attached hydrogen (secondary N) is 1. The number of carbonyl (C=O) groups excluding carboxylic acids is 1. The Bertz CT molecular complexity index is 482. The fourth-order valence-corrected chi connectivity index (χ4v) is 1.76. The molecule has 1 rings (SSSR count). The third-order valence-electron chi connectivity index (χ3n) is 2.55. The Morgan fingerprint density at radius 1 is 1.58 bits per heavy atom. The number of alkyl halides is 1. The monoisotopic (exact) mass is 288 g/mol. The summed E-state index contributed by atoms with van der Waals surface area (Å²) >= 11 is 5.54. The highest BCUT2D eigenvalue weighted by atomic mass is 35.5. The summed E-state index contributed by atoms with van der Waals surface area (Å²) in [5.41, 5.74) is -0.689. The van der Waals surface area contributed by atoms with E-state index in [1.54, 1.807) is 6.92 Å². The van der Waals surface area contributed by atoms with Gasteiger partial charge in [0.1, 0.15) is 11.4 Å². The van der Waals surface area contributed by atoms with Gasteiger partial charge in [-0.15, -0.1) is 11.6 Å². The highest BCUT2D eigenvalue weighted by Gasteiger charge is 2.21. The molecule has 1 unspecified atom stereocenters. The summed E-state index contributed by atoms with van der Waals surface area (Å²) < 4.78 is 13.1. The summed E-state index contributed by atoms with van der Waals surface area (Å²) in [5.74, 6) is -0.877. The maximum Gasteiger partial charge on any atom is 0.282 e. The summed E-state index contributed by atoms with van der Waals surface area (Å²) in [7, 11) is 0. The van der Waals surface area contributed by atoms with Crippen LogP contribution in [0.5, 0.6) is 0 Å². The Kier molecular flexibility index (Phi) is 5.69. The molecule has 1 aromatic rings. The van der Waals surface area contributed by atoms with Gasteiger partial charge >= 0.3 is 0 Å². The lowest BCUT2D eigenvalue weighted by atomic mass is 10.1. The highest BCUT2D eigenvalue weighted by Crippen LogP contribution is 2.19. The molecular weight excluding hydrogens is 275 g/mol. The number of hydrogen-bond acceptors (Lipinski definition) is 3. The molecule has 1 amide bonds. The highest BCUT2D eigenvalue weighted by molar-refractivity contribution is 6.17. The van der Waals surface area contributed by atoms with E-state index in [9.17, 15) is 19.3 Å². The van der Waals surface area contributed by atoms with Crippen LogP contribution in [0.25, 0.3) is 0 Å². The van der Waals surface area contributed by atoms with Gasteiger partial charge in [0.05, 0.1) is 4.92 Å². The van der Waals surface area contributed by atoms with Crippen molar-refractivity contribution in [1.29, 1.82) is 0 Å². The second-order valence-electron chi connectivity index (χ2n) is 4.12. The average Bonchev–Trinajstić information content (AvgIpc) is 2.35. The van der Waals surface area contributed by atoms with E-state index in [1.165, 1.54) is 0 Å². The van der Waals surface area contributed by atoms with E-state index in [4.69, 9.17) is 11.6 Å². The van der Waals surface area contributed by atoms with Gasteiger partial charge in [-0.05, 0) is 31.9 Å². The lowest BCUT2D eigenvalue weighted by Gasteiger charge is -2.13. The fraction of sp³-hybridized carbons (Fsp3) is 0.417. The first kappa shape index (κ1) is 15.4. The Hall–Kier alpha value is -1.69. The van der Waals surface area contributed by atoms with Crippen LogP contribution >= 0.6 is 11.6 Å². The van der Waals surface area contributed by atoms with Gasteiger partial charge in [0.15, 0.2) is 0 Å². The first-order chi connectivity index (χ1) is 8.95. The molecule has 7 heteroatoms. The third kappa shape index (κ3) is 4.48. The molecule has 0 saturated carbocycles. The van der Waals surface area contributed by atoms with Crippen molar-refractivity contribution in [2.24, 2.45) is 0 Å². The van der Waals surface area contributed by atoms with Crippen LogP contribution in [-0.2, 0) is 0 Å². The van der Waals surface area contributed by atoms with Gasteiger partial charge in [-0.25, -0.2) is 4.39 Å². The van der Waals surface area contributed by atoms with Crippen LogP contribution in [0.1, 0.15) is 30.1 Å². The molecule has 0 aromatic heterocycles. The molecule has 0 saturated heterocycles. The van der Waals surface area contributed by atoms with Crippen LogP contribution in [0.2, 0.25) is 0 Å². The third-order valence-corrected chi connectivity index (χ3v) is 2.82. The molecule has 19 heavy (non-hydrogen) atoms. The molecule has 0 fully saturated rings. The largest absolute Gasteiger partial charge is 0.349 e. The first-order valence-corrected chi connectivity index (χ1v) is 6.30. The van der Waals surface area contributed by atoms with Crippen molar-refractivity contribution in [2.45, 2.75) is 25.8 Å². The van der Waals surface area contributed by atoms with E-state index < -0.39 is 22.3 Å². The predicted octanol–water partition coefficient (Wildman–Crippen LogP) is 2.87. The number of benzene rings is 1. The summed E-state index contributed by atoms with van der Waals surface area (Å²) in [6, 6.07) is 2.61. The molecule has 104 valence electrons.